The van der Waals surface area contributed by atoms with Crippen molar-refractivity contribution < 1.29 is 4.42 Å². The van der Waals surface area contributed by atoms with Gasteiger partial charge in [-0.25, -0.2) is 0 Å². The standard InChI is InChI=1S/C13H15BrN2O/c14-7-5-10-6-8-16(9-10)13-15-11-3-1-2-4-12(11)17-13/h1-4,10H,5-9H2. The van der Waals surface area contributed by atoms with E-state index in [0.717, 1.165) is 41.5 Å². The van der Waals surface area contributed by atoms with Gasteiger partial charge in [-0.1, -0.05) is 28.1 Å². The van der Waals surface area contributed by atoms with Gasteiger partial charge in [-0.15, -0.1) is 0 Å². The lowest BCUT2D eigenvalue weighted by Crippen LogP contribution is -2.19. The molecule has 3 rings (SSSR count). The number of fused-ring (bicyclic) bond motifs is 1. The maximum absolute atomic E-state index is 5.78. The summed E-state index contributed by atoms with van der Waals surface area (Å²) in [5, 5.41) is 1.08. The second-order valence-electron chi connectivity index (χ2n) is 4.54. The molecule has 0 spiro atoms. The highest BCUT2D eigenvalue weighted by atomic mass is 79.9. The molecule has 1 aliphatic rings. The van der Waals surface area contributed by atoms with Gasteiger partial charge < -0.3 is 9.32 Å². The Bertz CT molecular complexity index is 478. The topological polar surface area (TPSA) is 29.3 Å². The van der Waals surface area contributed by atoms with E-state index in [-0.39, 0.29) is 0 Å². The van der Waals surface area contributed by atoms with E-state index in [4.69, 9.17) is 4.42 Å². The molecule has 1 saturated heterocycles. The smallest absolute Gasteiger partial charge is 0.298 e. The van der Waals surface area contributed by atoms with Crippen LogP contribution >= 0.6 is 15.9 Å². The van der Waals surface area contributed by atoms with Crippen molar-refractivity contribution in [2.45, 2.75) is 12.8 Å². The summed E-state index contributed by atoms with van der Waals surface area (Å²) in [6.07, 6.45) is 2.47. The third-order valence-electron chi connectivity index (χ3n) is 3.36. The first kappa shape index (κ1) is 11.1. The number of hydrogen-bond acceptors (Lipinski definition) is 3. The predicted molar refractivity (Wildman–Crippen MR) is 72.7 cm³/mol. The van der Waals surface area contributed by atoms with E-state index in [0.29, 0.717) is 0 Å². The second-order valence-corrected chi connectivity index (χ2v) is 5.34. The summed E-state index contributed by atoms with van der Waals surface area (Å²) in [4.78, 5) is 6.79. The van der Waals surface area contributed by atoms with Crippen molar-refractivity contribution >= 4 is 33.0 Å². The highest BCUT2D eigenvalue weighted by molar-refractivity contribution is 9.09. The summed E-state index contributed by atoms with van der Waals surface area (Å²) >= 11 is 3.51. The Morgan fingerprint density at radius 1 is 1.41 bits per heavy atom. The van der Waals surface area contributed by atoms with Crippen LogP contribution in [0, 0.1) is 5.92 Å². The van der Waals surface area contributed by atoms with Gasteiger partial charge in [0.25, 0.3) is 6.01 Å². The molecule has 1 atom stereocenters. The molecule has 2 aromatic rings. The average Bonchev–Trinajstić information content (AvgIpc) is 2.94. The van der Waals surface area contributed by atoms with Gasteiger partial charge in [0, 0.05) is 18.4 Å². The molecule has 90 valence electrons. The molecule has 17 heavy (non-hydrogen) atoms. The van der Waals surface area contributed by atoms with Crippen LogP contribution in [0.5, 0.6) is 0 Å². The summed E-state index contributed by atoms with van der Waals surface area (Å²) in [6, 6.07) is 8.72. The molecule has 0 bridgehead atoms. The Balaban J connectivity index is 1.80. The zero-order valence-electron chi connectivity index (χ0n) is 9.60. The van der Waals surface area contributed by atoms with E-state index in [9.17, 15) is 0 Å². The Morgan fingerprint density at radius 3 is 3.12 bits per heavy atom. The largest absolute Gasteiger partial charge is 0.423 e. The van der Waals surface area contributed by atoms with E-state index in [1.54, 1.807) is 0 Å². The van der Waals surface area contributed by atoms with Crippen LogP contribution in [0.25, 0.3) is 11.1 Å². The van der Waals surface area contributed by atoms with E-state index >= 15 is 0 Å². The number of benzene rings is 1. The molecular formula is C13H15BrN2O. The minimum atomic E-state index is 0.768. The number of nitrogens with zero attached hydrogens (tertiary/aromatic N) is 2. The Morgan fingerprint density at radius 2 is 2.29 bits per heavy atom. The minimum absolute atomic E-state index is 0.768. The third kappa shape index (κ3) is 2.18. The van der Waals surface area contributed by atoms with Crippen molar-refractivity contribution in [1.82, 2.24) is 4.98 Å². The third-order valence-corrected chi connectivity index (χ3v) is 3.81. The average molecular weight is 295 g/mol. The lowest BCUT2D eigenvalue weighted by atomic mass is 10.1. The van der Waals surface area contributed by atoms with Crippen LogP contribution in [-0.2, 0) is 0 Å². The normalized spacial score (nSPS) is 20.3. The number of rotatable bonds is 3. The van der Waals surface area contributed by atoms with Crippen LogP contribution in [-0.4, -0.2) is 23.4 Å². The maximum atomic E-state index is 5.78. The molecule has 1 aromatic heterocycles. The zero-order chi connectivity index (χ0) is 11.7. The van der Waals surface area contributed by atoms with Crippen LogP contribution in [0.3, 0.4) is 0 Å². The van der Waals surface area contributed by atoms with E-state index in [2.05, 4.69) is 25.8 Å². The number of halogens is 1. The molecule has 0 amide bonds. The van der Waals surface area contributed by atoms with Gasteiger partial charge in [-0.3, -0.25) is 0 Å². The van der Waals surface area contributed by atoms with Crippen molar-refractivity contribution in [2.75, 3.05) is 23.3 Å². The van der Waals surface area contributed by atoms with E-state index < -0.39 is 0 Å². The van der Waals surface area contributed by atoms with E-state index in [1.807, 2.05) is 24.3 Å². The van der Waals surface area contributed by atoms with Crippen molar-refractivity contribution in [2.24, 2.45) is 5.92 Å². The van der Waals surface area contributed by atoms with Crippen molar-refractivity contribution in [3.8, 4) is 0 Å². The van der Waals surface area contributed by atoms with Gasteiger partial charge >= 0.3 is 0 Å². The van der Waals surface area contributed by atoms with Crippen molar-refractivity contribution in [1.29, 1.82) is 0 Å². The maximum Gasteiger partial charge on any atom is 0.298 e. The summed E-state index contributed by atoms with van der Waals surface area (Å²) in [5.41, 5.74) is 1.83. The predicted octanol–water partition coefficient (Wildman–Crippen LogP) is 3.44. The van der Waals surface area contributed by atoms with Gasteiger partial charge in [0.05, 0.1) is 0 Å². The first-order valence-corrected chi connectivity index (χ1v) is 7.15. The highest BCUT2D eigenvalue weighted by Crippen LogP contribution is 2.28. The van der Waals surface area contributed by atoms with Gasteiger partial charge in [-0.05, 0) is 30.9 Å². The Labute approximate surface area is 109 Å². The lowest BCUT2D eigenvalue weighted by Gasteiger charge is -2.12. The number of aromatic nitrogens is 1. The van der Waals surface area contributed by atoms with Crippen LogP contribution in [0.4, 0.5) is 6.01 Å². The quantitative estimate of drug-likeness (QED) is 0.812. The van der Waals surface area contributed by atoms with Gasteiger partial charge in [-0.2, -0.15) is 4.98 Å². The van der Waals surface area contributed by atoms with Crippen LogP contribution < -0.4 is 4.90 Å². The van der Waals surface area contributed by atoms with Gasteiger partial charge in [0.1, 0.15) is 5.52 Å². The molecule has 1 fully saturated rings. The highest BCUT2D eigenvalue weighted by Gasteiger charge is 2.25. The number of oxazole rings is 1. The molecule has 2 heterocycles. The Kier molecular flexibility index (Phi) is 3.05. The fourth-order valence-corrected chi connectivity index (χ4v) is 3.04. The zero-order valence-corrected chi connectivity index (χ0v) is 11.2. The van der Waals surface area contributed by atoms with Crippen molar-refractivity contribution in [3.63, 3.8) is 0 Å². The summed E-state index contributed by atoms with van der Waals surface area (Å²) in [6.45, 7) is 2.13. The molecular weight excluding hydrogens is 280 g/mol. The molecule has 0 saturated carbocycles. The molecule has 3 nitrogen and oxygen atoms in total. The van der Waals surface area contributed by atoms with Crippen LogP contribution in [0.15, 0.2) is 28.7 Å². The molecule has 1 aliphatic heterocycles. The van der Waals surface area contributed by atoms with Crippen molar-refractivity contribution in [3.05, 3.63) is 24.3 Å². The molecule has 0 radical (unpaired) electrons. The molecule has 4 heteroatoms. The molecule has 1 unspecified atom stereocenters. The fourth-order valence-electron chi connectivity index (χ4n) is 2.39. The van der Waals surface area contributed by atoms with Gasteiger partial charge in [0.2, 0.25) is 0 Å². The lowest BCUT2D eigenvalue weighted by molar-refractivity contribution is 0.556. The summed E-state index contributed by atoms with van der Waals surface area (Å²) < 4.78 is 5.78. The fraction of sp³-hybridized carbons (Fsp3) is 0.462. The summed E-state index contributed by atoms with van der Waals surface area (Å²) in [7, 11) is 0. The molecule has 0 aliphatic carbocycles. The first-order valence-electron chi connectivity index (χ1n) is 6.03. The number of anilines is 1. The number of alkyl halides is 1. The minimum Gasteiger partial charge on any atom is -0.423 e. The Hall–Kier alpha value is -1.03. The van der Waals surface area contributed by atoms with E-state index in [1.165, 1.54) is 12.8 Å². The van der Waals surface area contributed by atoms with Crippen LogP contribution in [0.1, 0.15) is 12.8 Å². The first-order chi connectivity index (χ1) is 8.36. The second kappa shape index (κ2) is 4.69. The SMILES string of the molecule is BrCCC1CCN(c2nc3ccccc3o2)C1. The molecule has 0 N–H and O–H groups in total. The summed E-state index contributed by atoms with van der Waals surface area (Å²) in [5.74, 6) is 0.768. The molecule has 1 aromatic carbocycles. The number of hydrogen-bond donors (Lipinski definition) is 0. The van der Waals surface area contributed by atoms with Gasteiger partial charge in [0.15, 0.2) is 5.58 Å². The number of para-hydroxylation sites is 2. The van der Waals surface area contributed by atoms with Crippen LogP contribution in [0.2, 0.25) is 0 Å². The monoisotopic (exact) mass is 294 g/mol.